The number of benzene rings is 1. The van der Waals surface area contributed by atoms with Crippen LogP contribution in [0.15, 0.2) is 36.5 Å². The smallest absolute Gasteiger partial charge is 0.230 e. The van der Waals surface area contributed by atoms with Gasteiger partial charge in [0.1, 0.15) is 5.82 Å². The van der Waals surface area contributed by atoms with E-state index in [1.54, 1.807) is 25.3 Å². The molecule has 2 fully saturated rings. The molecule has 0 aliphatic carbocycles. The number of piperazine rings is 1. The topological polar surface area (TPSA) is 135 Å². The maximum Gasteiger partial charge on any atom is 0.230 e. The Morgan fingerprint density at radius 3 is 2.55 bits per heavy atom. The lowest BCUT2D eigenvalue weighted by atomic mass is 9.91. The second-order valence-corrected chi connectivity index (χ2v) is 9.94. The van der Waals surface area contributed by atoms with Crippen molar-refractivity contribution in [3.8, 4) is 22.6 Å². The predicted molar refractivity (Wildman–Crippen MR) is 140 cm³/mol. The Labute approximate surface area is 220 Å². The highest BCUT2D eigenvalue weighted by Gasteiger charge is 2.40. The van der Waals surface area contributed by atoms with E-state index >= 15 is 0 Å². The molecule has 1 aromatic carbocycles. The molecule has 38 heavy (non-hydrogen) atoms. The first-order chi connectivity index (χ1) is 18.4. The highest BCUT2D eigenvalue weighted by atomic mass is 19.1. The second kappa shape index (κ2) is 11.1. The monoisotopic (exact) mass is 524 g/mol. The summed E-state index contributed by atoms with van der Waals surface area (Å²) in [7, 11) is 2.10. The Balaban J connectivity index is 1.43. The first kappa shape index (κ1) is 26.2. The summed E-state index contributed by atoms with van der Waals surface area (Å²) in [5, 5.41) is 2.79. The minimum absolute atomic E-state index is 0.150. The van der Waals surface area contributed by atoms with Crippen molar-refractivity contribution >= 4 is 11.9 Å². The summed E-state index contributed by atoms with van der Waals surface area (Å²) in [5.74, 6) is 0.562. The molecule has 2 aliphatic heterocycles. The molecule has 0 unspecified atom stereocenters. The van der Waals surface area contributed by atoms with Gasteiger partial charge in [-0.3, -0.25) is 4.79 Å². The van der Waals surface area contributed by atoms with E-state index in [0.717, 1.165) is 26.2 Å². The number of carbonyl (C=O) groups excluding carboxylic acids is 1. The Hall–Kier alpha value is -3.45. The first-order valence-corrected chi connectivity index (χ1v) is 12.7. The number of hydrogen-bond acceptors (Lipinski definition) is 9. The van der Waals surface area contributed by atoms with Crippen molar-refractivity contribution in [2.24, 2.45) is 11.1 Å². The van der Waals surface area contributed by atoms with Crippen LogP contribution in [0.2, 0.25) is 0 Å². The fourth-order valence-corrected chi connectivity index (χ4v) is 4.45. The van der Waals surface area contributed by atoms with E-state index in [4.69, 9.17) is 25.2 Å². The zero-order chi connectivity index (χ0) is 26.7. The molecule has 0 saturated carbocycles. The van der Waals surface area contributed by atoms with Gasteiger partial charge >= 0.3 is 0 Å². The van der Waals surface area contributed by atoms with Gasteiger partial charge in [-0.1, -0.05) is 0 Å². The summed E-state index contributed by atoms with van der Waals surface area (Å²) in [6, 6.07) is 7.93. The van der Waals surface area contributed by atoms with Crippen molar-refractivity contribution < 1.29 is 18.7 Å². The summed E-state index contributed by atoms with van der Waals surface area (Å²) < 4.78 is 25.6. The number of anilines is 1. The third-order valence-corrected chi connectivity index (χ3v) is 6.83. The van der Waals surface area contributed by atoms with Crippen molar-refractivity contribution in [3.63, 3.8) is 0 Å². The summed E-state index contributed by atoms with van der Waals surface area (Å²) in [6.07, 6.45) is 0.918. The van der Waals surface area contributed by atoms with E-state index in [1.165, 1.54) is 12.1 Å². The van der Waals surface area contributed by atoms with Crippen LogP contribution < -0.4 is 16.0 Å². The number of aromatic nitrogens is 4. The lowest BCUT2D eigenvalue weighted by Gasteiger charge is -2.35. The molecule has 1 amide bonds. The van der Waals surface area contributed by atoms with E-state index in [2.05, 4.69) is 32.1 Å². The molecule has 4 N–H and O–H groups in total. The summed E-state index contributed by atoms with van der Waals surface area (Å²) in [4.78, 5) is 34.4. The van der Waals surface area contributed by atoms with Gasteiger partial charge in [-0.2, -0.15) is 0 Å². The number of ether oxygens (including phenoxy) is 2. The fraction of sp³-hybridized carbons (Fsp3) is 0.462. The molecule has 2 aliphatic rings. The molecule has 12 heteroatoms. The number of amides is 1. The third kappa shape index (κ3) is 5.53. The number of hydrogen-bond donors (Lipinski definition) is 3. The molecule has 202 valence electrons. The van der Waals surface area contributed by atoms with Crippen LogP contribution in [-0.2, 0) is 14.3 Å². The first-order valence-electron chi connectivity index (χ1n) is 12.7. The van der Waals surface area contributed by atoms with E-state index < -0.39 is 11.7 Å². The molecule has 2 aromatic heterocycles. The van der Waals surface area contributed by atoms with E-state index in [-0.39, 0.29) is 24.9 Å². The zero-order valence-corrected chi connectivity index (χ0v) is 21.6. The van der Waals surface area contributed by atoms with E-state index in [9.17, 15) is 9.18 Å². The maximum atomic E-state index is 13.7. The maximum absolute atomic E-state index is 13.7. The largest absolute Gasteiger partial charge is 0.354 e. The molecule has 5 rings (SSSR count). The summed E-state index contributed by atoms with van der Waals surface area (Å²) in [5.41, 5.74) is 7.25. The highest BCUT2D eigenvalue weighted by Crippen LogP contribution is 2.35. The molecule has 0 atom stereocenters. The number of nitrogens with zero attached hydrogens (tertiary/aromatic N) is 5. The number of imidazole rings is 1. The van der Waals surface area contributed by atoms with Crippen molar-refractivity contribution in [3.05, 3.63) is 48.2 Å². The van der Waals surface area contributed by atoms with Crippen LogP contribution >= 0.6 is 0 Å². The predicted octanol–water partition coefficient (Wildman–Crippen LogP) is 1.55. The number of nitrogens with two attached hydrogens (primary N) is 1. The van der Waals surface area contributed by atoms with Gasteiger partial charge in [0.15, 0.2) is 5.82 Å². The van der Waals surface area contributed by atoms with Gasteiger partial charge in [0.2, 0.25) is 18.1 Å². The molecule has 3 aromatic rings. The fourth-order valence-electron chi connectivity index (χ4n) is 4.45. The van der Waals surface area contributed by atoms with Crippen molar-refractivity contribution in [1.82, 2.24) is 30.2 Å². The summed E-state index contributed by atoms with van der Waals surface area (Å²) >= 11 is 0. The van der Waals surface area contributed by atoms with E-state index in [0.29, 0.717) is 47.5 Å². The Kier molecular flexibility index (Phi) is 7.65. The minimum atomic E-state index is -0.842. The number of carbonyl (C=O) groups is 1. The van der Waals surface area contributed by atoms with Crippen LogP contribution in [0.1, 0.15) is 19.0 Å². The number of H-pyrrole nitrogens is 1. The minimum Gasteiger partial charge on any atom is -0.354 e. The Bertz CT molecular complexity index is 1250. The van der Waals surface area contributed by atoms with Crippen LogP contribution in [0.25, 0.3) is 22.6 Å². The quantitative estimate of drug-likeness (QED) is 0.421. The average Bonchev–Trinajstić information content (AvgIpc) is 3.38. The Morgan fingerprint density at radius 1 is 1.16 bits per heavy atom. The molecule has 0 bridgehead atoms. The lowest BCUT2D eigenvalue weighted by molar-refractivity contribution is -0.231. The van der Waals surface area contributed by atoms with Crippen molar-refractivity contribution in [2.45, 2.75) is 13.2 Å². The molecule has 4 heterocycles. The number of halogens is 1. The van der Waals surface area contributed by atoms with Crippen LogP contribution in [0.5, 0.6) is 0 Å². The van der Waals surface area contributed by atoms with Gasteiger partial charge in [0, 0.05) is 51.0 Å². The van der Waals surface area contributed by atoms with Crippen molar-refractivity contribution in [2.75, 3.05) is 64.4 Å². The lowest BCUT2D eigenvalue weighted by Crippen LogP contribution is -2.49. The van der Waals surface area contributed by atoms with Gasteiger partial charge in [0.05, 0.1) is 35.7 Å². The molecule has 11 nitrogen and oxygen atoms in total. The van der Waals surface area contributed by atoms with Gasteiger partial charge < -0.3 is 35.3 Å². The van der Waals surface area contributed by atoms with Crippen LogP contribution in [0.3, 0.4) is 0 Å². The molecule has 0 radical (unpaired) electrons. The third-order valence-electron chi connectivity index (χ3n) is 6.83. The molecular weight excluding hydrogens is 491 g/mol. The highest BCUT2D eigenvalue weighted by molar-refractivity contribution is 5.82. The number of rotatable bonds is 7. The molecule has 2 saturated heterocycles. The molecule has 0 spiro atoms. The normalized spacial score (nSPS) is 22.4. The second-order valence-electron chi connectivity index (χ2n) is 9.94. The summed E-state index contributed by atoms with van der Waals surface area (Å²) in [6.45, 7) is 6.36. The zero-order valence-electron chi connectivity index (χ0n) is 21.6. The van der Waals surface area contributed by atoms with Gasteiger partial charge in [-0.05, 0) is 44.3 Å². The Morgan fingerprint density at radius 2 is 1.87 bits per heavy atom. The van der Waals surface area contributed by atoms with Crippen LogP contribution in [-0.4, -0.2) is 90.3 Å². The number of nitrogens with one attached hydrogen (secondary N) is 2. The van der Waals surface area contributed by atoms with Gasteiger partial charge in [-0.15, -0.1) is 0 Å². The van der Waals surface area contributed by atoms with Gasteiger partial charge in [0.25, 0.3) is 0 Å². The standard InChI is InChI=1S/C26H33FN8O3/c1-26(24(36)29-10-8-28)15-37-23(38-16-26)22-32-20(17-3-5-18(27)6-4-17)21(33-22)19-7-9-30-25(31-19)35-13-11-34(2)12-14-35/h3-7,9,23H,8,10-16,28H2,1-2H3,(H,29,36)(H,32,33). The van der Waals surface area contributed by atoms with Gasteiger partial charge in [-0.25, -0.2) is 19.3 Å². The average molecular weight is 525 g/mol. The van der Waals surface area contributed by atoms with Crippen LogP contribution in [0, 0.1) is 11.2 Å². The van der Waals surface area contributed by atoms with Crippen molar-refractivity contribution in [1.29, 1.82) is 0 Å². The van der Waals surface area contributed by atoms with E-state index in [1.807, 2.05) is 6.07 Å². The SMILES string of the molecule is CN1CCN(c2nccc(-c3[nH]c(C4OCC(C)(C(=O)NCCN)CO4)nc3-c3ccc(F)cc3)n2)CC1. The number of aromatic amines is 1. The molecular formula is C26H33FN8O3. The van der Waals surface area contributed by atoms with Crippen LogP contribution in [0.4, 0.5) is 10.3 Å². The number of likely N-dealkylation sites (N-methyl/N-ethyl adjacent to an activating group) is 1.